The fourth-order valence-corrected chi connectivity index (χ4v) is 5.12. The number of carbonyl (C=O) groups excluding carboxylic acids is 1. The van der Waals surface area contributed by atoms with Crippen LogP contribution in [0, 0.1) is 0 Å². The quantitative estimate of drug-likeness (QED) is 0.308. The Hall–Kier alpha value is -3.25. The normalized spacial score (nSPS) is 15.3. The number of nitrogens with zero attached hydrogens (tertiary/aromatic N) is 1. The van der Waals surface area contributed by atoms with Gasteiger partial charge in [0, 0.05) is 27.6 Å². The Morgan fingerprint density at radius 1 is 1.06 bits per heavy atom. The predicted octanol–water partition coefficient (Wildman–Crippen LogP) is 7.04. The molecule has 1 atom stereocenters. The molecule has 1 aromatic heterocycles. The van der Waals surface area contributed by atoms with Crippen LogP contribution in [0.15, 0.2) is 71.2 Å². The van der Waals surface area contributed by atoms with Gasteiger partial charge in [0.05, 0.1) is 7.11 Å². The van der Waals surface area contributed by atoms with Crippen LogP contribution in [0.25, 0.3) is 10.9 Å². The number of aromatic nitrogens is 1. The van der Waals surface area contributed by atoms with Crippen molar-refractivity contribution in [3.8, 4) is 11.5 Å². The zero-order valence-corrected chi connectivity index (χ0v) is 20.9. The molecule has 0 aliphatic carbocycles. The minimum atomic E-state index is -0.352. The summed E-state index contributed by atoms with van der Waals surface area (Å²) in [6.45, 7) is 2.72. The Balaban J connectivity index is 1.51. The van der Waals surface area contributed by atoms with Crippen LogP contribution in [0.5, 0.6) is 11.5 Å². The van der Waals surface area contributed by atoms with Crippen LogP contribution in [0.1, 0.15) is 41.8 Å². The lowest BCUT2D eigenvalue weighted by Gasteiger charge is -2.35. The van der Waals surface area contributed by atoms with Crippen molar-refractivity contribution in [3.05, 3.63) is 93.6 Å². The average Bonchev–Trinajstić information content (AvgIpc) is 3.22. The Bertz CT molecular complexity index is 1310. The number of rotatable bonds is 5. The summed E-state index contributed by atoms with van der Waals surface area (Å²) in [6.07, 6.45) is 2.50. The molecule has 0 saturated heterocycles. The zero-order chi connectivity index (χ0) is 23.7. The molecule has 1 aliphatic heterocycles. The standard InChI is InChI=1S/C28H27BrN2O3/c1-3-4-18-5-10-22(11-6-18)34-28(32)31-16-15-23-24-17-20(29)9-14-25(24)30-26(23)27(31)19-7-12-21(33-2)13-8-19/h5-14,17,27,30H,3-4,15-16H2,1-2H3. The number of hydrogen-bond donors (Lipinski definition) is 1. The van der Waals surface area contributed by atoms with Gasteiger partial charge in [-0.3, -0.25) is 4.90 Å². The number of fused-ring (bicyclic) bond motifs is 3. The molecule has 34 heavy (non-hydrogen) atoms. The van der Waals surface area contributed by atoms with E-state index < -0.39 is 0 Å². The number of amides is 1. The number of nitrogens with one attached hydrogen (secondary N) is 1. The first-order chi connectivity index (χ1) is 16.6. The fraction of sp³-hybridized carbons (Fsp3) is 0.250. The largest absolute Gasteiger partial charge is 0.497 e. The maximum Gasteiger partial charge on any atom is 0.416 e. The van der Waals surface area contributed by atoms with Gasteiger partial charge in [-0.25, -0.2) is 4.79 Å². The molecule has 0 spiro atoms. The molecule has 0 fully saturated rings. The third-order valence-corrected chi connectivity index (χ3v) is 6.92. The molecular formula is C28H27BrN2O3. The third-order valence-electron chi connectivity index (χ3n) is 6.42. The van der Waals surface area contributed by atoms with Crippen LogP contribution >= 0.6 is 15.9 Å². The molecule has 6 heteroatoms. The summed E-state index contributed by atoms with van der Waals surface area (Å²) in [6, 6.07) is 21.6. The Kier molecular flexibility index (Phi) is 6.33. The zero-order valence-electron chi connectivity index (χ0n) is 19.3. The first-order valence-electron chi connectivity index (χ1n) is 11.6. The van der Waals surface area contributed by atoms with Gasteiger partial charge in [0.15, 0.2) is 0 Å². The van der Waals surface area contributed by atoms with Gasteiger partial charge in [-0.05, 0) is 72.0 Å². The minimum absolute atomic E-state index is 0.285. The number of aryl methyl sites for hydroxylation is 1. The van der Waals surface area contributed by atoms with Crippen LogP contribution in [0.4, 0.5) is 4.79 Å². The number of H-pyrrole nitrogens is 1. The maximum absolute atomic E-state index is 13.4. The minimum Gasteiger partial charge on any atom is -0.497 e. The van der Waals surface area contributed by atoms with Gasteiger partial charge in [0.1, 0.15) is 17.5 Å². The first-order valence-corrected chi connectivity index (χ1v) is 12.4. The molecular weight excluding hydrogens is 492 g/mol. The summed E-state index contributed by atoms with van der Waals surface area (Å²) in [5, 5.41) is 1.18. The van der Waals surface area contributed by atoms with Crippen molar-refractivity contribution >= 4 is 32.9 Å². The van der Waals surface area contributed by atoms with E-state index in [1.54, 1.807) is 7.11 Å². The molecule has 174 valence electrons. The summed E-state index contributed by atoms with van der Waals surface area (Å²) < 4.78 is 12.2. The Morgan fingerprint density at radius 3 is 2.50 bits per heavy atom. The van der Waals surface area contributed by atoms with Crippen molar-refractivity contribution in [2.75, 3.05) is 13.7 Å². The van der Waals surface area contributed by atoms with E-state index in [9.17, 15) is 4.79 Å². The van der Waals surface area contributed by atoms with E-state index >= 15 is 0 Å². The van der Waals surface area contributed by atoms with E-state index in [0.29, 0.717) is 12.3 Å². The summed E-state index contributed by atoms with van der Waals surface area (Å²) in [7, 11) is 1.65. The number of ether oxygens (including phenoxy) is 2. The Morgan fingerprint density at radius 2 is 1.79 bits per heavy atom. The molecule has 1 amide bonds. The molecule has 1 unspecified atom stereocenters. The highest BCUT2D eigenvalue weighted by Gasteiger charge is 2.35. The smallest absolute Gasteiger partial charge is 0.416 e. The van der Waals surface area contributed by atoms with Crippen molar-refractivity contribution in [1.82, 2.24) is 9.88 Å². The van der Waals surface area contributed by atoms with Crippen molar-refractivity contribution in [2.45, 2.75) is 32.2 Å². The highest BCUT2D eigenvalue weighted by atomic mass is 79.9. The molecule has 0 bridgehead atoms. The fourth-order valence-electron chi connectivity index (χ4n) is 4.76. The SMILES string of the molecule is CCCc1ccc(OC(=O)N2CCc3c([nH]c4ccc(Br)cc34)C2c2ccc(OC)cc2)cc1. The number of hydrogen-bond acceptors (Lipinski definition) is 3. The average molecular weight is 519 g/mol. The molecule has 1 N–H and O–H groups in total. The highest BCUT2D eigenvalue weighted by Crippen LogP contribution is 2.40. The van der Waals surface area contributed by atoms with Crippen LogP contribution < -0.4 is 9.47 Å². The molecule has 2 heterocycles. The molecule has 4 aromatic rings. The second kappa shape index (κ2) is 9.55. The number of halogens is 1. The van der Waals surface area contributed by atoms with E-state index in [4.69, 9.17) is 9.47 Å². The van der Waals surface area contributed by atoms with Crippen LogP contribution in [0.2, 0.25) is 0 Å². The van der Waals surface area contributed by atoms with E-state index in [1.807, 2.05) is 59.5 Å². The molecule has 0 saturated carbocycles. The number of aromatic amines is 1. The van der Waals surface area contributed by atoms with E-state index in [1.165, 1.54) is 16.5 Å². The third kappa shape index (κ3) is 4.30. The van der Waals surface area contributed by atoms with Crippen molar-refractivity contribution in [2.24, 2.45) is 0 Å². The molecule has 3 aromatic carbocycles. The topological polar surface area (TPSA) is 54.6 Å². The lowest BCUT2D eigenvalue weighted by molar-refractivity contribution is 0.135. The lowest BCUT2D eigenvalue weighted by atomic mass is 9.92. The van der Waals surface area contributed by atoms with Crippen molar-refractivity contribution in [3.63, 3.8) is 0 Å². The van der Waals surface area contributed by atoms with Crippen molar-refractivity contribution < 1.29 is 14.3 Å². The predicted molar refractivity (Wildman–Crippen MR) is 138 cm³/mol. The monoisotopic (exact) mass is 518 g/mol. The number of carbonyl (C=O) groups is 1. The summed E-state index contributed by atoms with van der Waals surface area (Å²) in [5.41, 5.74) is 5.58. The molecule has 5 rings (SSSR count). The van der Waals surface area contributed by atoms with E-state index in [0.717, 1.165) is 46.3 Å². The van der Waals surface area contributed by atoms with Gasteiger partial charge in [-0.15, -0.1) is 0 Å². The molecule has 1 aliphatic rings. The molecule has 0 radical (unpaired) electrons. The second-order valence-electron chi connectivity index (χ2n) is 8.59. The van der Waals surface area contributed by atoms with E-state index in [-0.39, 0.29) is 12.1 Å². The van der Waals surface area contributed by atoms with Gasteiger partial charge < -0.3 is 14.5 Å². The van der Waals surface area contributed by atoms with E-state index in [2.05, 4.69) is 40.0 Å². The van der Waals surface area contributed by atoms with Gasteiger partial charge >= 0.3 is 6.09 Å². The van der Waals surface area contributed by atoms with Crippen LogP contribution in [-0.2, 0) is 12.8 Å². The van der Waals surface area contributed by atoms with Gasteiger partial charge in [-0.2, -0.15) is 0 Å². The maximum atomic E-state index is 13.4. The van der Waals surface area contributed by atoms with Gasteiger partial charge in [0.2, 0.25) is 0 Å². The van der Waals surface area contributed by atoms with Crippen LogP contribution in [-0.4, -0.2) is 29.6 Å². The number of benzene rings is 3. The molecule has 5 nitrogen and oxygen atoms in total. The second-order valence-corrected chi connectivity index (χ2v) is 9.50. The van der Waals surface area contributed by atoms with Gasteiger partial charge in [-0.1, -0.05) is 53.5 Å². The van der Waals surface area contributed by atoms with Crippen LogP contribution in [0.3, 0.4) is 0 Å². The summed E-state index contributed by atoms with van der Waals surface area (Å²) in [5.74, 6) is 1.34. The highest BCUT2D eigenvalue weighted by molar-refractivity contribution is 9.10. The number of methoxy groups -OCH3 is 1. The van der Waals surface area contributed by atoms with Gasteiger partial charge in [0.25, 0.3) is 0 Å². The Labute approximate surface area is 207 Å². The first kappa shape index (κ1) is 22.5. The summed E-state index contributed by atoms with van der Waals surface area (Å²) >= 11 is 3.60. The van der Waals surface area contributed by atoms with Crippen molar-refractivity contribution in [1.29, 1.82) is 0 Å². The lowest BCUT2D eigenvalue weighted by Crippen LogP contribution is -2.42. The summed E-state index contributed by atoms with van der Waals surface area (Å²) in [4.78, 5) is 18.8.